The maximum atomic E-state index is 12.1. The summed E-state index contributed by atoms with van der Waals surface area (Å²) in [7, 11) is 0. The minimum Gasteiger partial charge on any atom is -0.379 e. The zero-order valence-corrected chi connectivity index (χ0v) is 13.9. The molecule has 2 aliphatic heterocycles. The Labute approximate surface area is 138 Å². The van der Waals surface area contributed by atoms with Gasteiger partial charge in [-0.2, -0.15) is 0 Å². The van der Waals surface area contributed by atoms with Gasteiger partial charge in [-0.3, -0.25) is 9.69 Å². The van der Waals surface area contributed by atoms with Crippen molar-refractivity contribution in [2.24, 2.45) is 0 Å². The van der Waals surface area contributed by atoms with Crippen molar-refractivity contribution in [3.05, 3.63) is 29.8 Å². The molecule has 0 aromatic heterocycles. The minimum absolute atomic E-state index is 0.0957. The number of carbonyl (C=O) groups excluding carboxylic acids is 1. The van der Waals surface area contributed by atoms with Crippen molar-refractivity contribution < 1.29 is 9.53 Å². The first-order valence-corrected chi connectivity index (χ1v) is 8.67. The molecule has 2 N–H and O–H groups in total. The second-order valence-electron chi connectivity index (χ2n) is 6.49. The van der Waals surface area contributed by atoms with E-state index in [1.165, 1.54) is 12.0 Å². The molecular weight excluding hydrogens is 290 g/mol. The molecular formula is C18H27N3O2. The topological polar surface area (TPSA) is 53.6 Å². The highest BCUT2D eigenvalue weighted by Gasteiger charge is 2.19. The van der Waals surface area contributed by atoms with Crippen LogP contribution in [-0.4, -0.2) is 49.7 Å². The number of amides is 1. The quantitative estimate of drug-likeness (QED) is 0.874. The third kappa shape index (κ3) is 4.53. The fourth-order valence-corrected chi connectivity index (χ4v) is 3.39. The summed E-state index contributed by atoms with van der Waals surface area (Å²) in [4.78, 5) is 14.5. The Kier molecular flexibility index (Phi) is 5.65. The highest BCUT2D eigenvalue weighted by Crippen LogP contribution is 2.23. The first kappa shape index (κ1) is 16.4. The molecule has 0 saturated carbocycles. The molecule has 126 valence electrons. The van der Waals surface area contributed by atoms with E-state index < -0.39 is 0 Å². The summed E-state index contributed by atoms with van der Waals surface area (Å²) in [5.74, 6) is 0.0957. The lowest BCUT2D eigenvalue weighted by Crippen LogP contribution is -2.38. The van der Waals surface area contributed by atoms with Gasteiger partial charge in [-0.1, -0.05) is 12.1 Å². The number of ether oxygens (including phenoxy) is 1. The highest BCUT2D eigenvalue weighted by atomic mass is 16.5. The number of carbonyl (C=O) groups is 1. The number of nitrogens with zero attached hydrogens (tertiary/aromatic N) is 1. The van der Waals surface area contributed by atoms with Crippen LogP contribution in [0, 0.1) is 0 Å². The highest BCUT2D eigenvalue weighted by molar-refractivity contribution is 5.91. The van der Waals surface area contributed by atoms with Crippen LogP contribution in [0.4, 0.5) is 5.69 Å². The smallest absolute Gasteiger partial charge is 0.225 e. The van der Waals surface area contributed by atoms with Crippen molar-refractivity contribution in [2.45, 2.75) is 38.3 Å². The van der Waals surface area contributed by atoms with Gasteiger partial charge < -0.3 is 15.4 Å². The molecule has 1 amide bonds. The van der Waals surface area contributed by atoms with Crippen LogP contribution >= 0.6 is 0 Å². The van der Waals surface area contributed by atoms with Gasteiger partial charge in [0.25, 0.3) is 0 Å². The van der Waals surface area contributed by atoms with Crippen LogP contribution in [0.2, 0.25) is 0 Å². The zero-order valence-electron chi connectivity index (χ0n) is 13.9. The van der Waals surface area contributed by atoms with Crippen molar-refractivity contribution in [2.75, 3.05) is 38.2 Å². The SMILES string of the molecule is CC(c1ccc(NC(=O)CC2CCCN2)cc1)N1CCOCC1. The number of rotatable bonds is 5. The van der Waals surface area contributed by atoms with E-state index in [4.69, 9.17) is 4.74 Å². The maximum Gasteiger partial charge on any atom is 0.225 e. The van der Waals surface area contributed by atoms with Crippen molar-refractivity contribution in [3.63, 3.8) is 0 Å². The summed E-state index contributed by atoms with van der Waals surface area (Å²) in [5.41, 5.74) is 2.16. The van der Waals surface area contributed by atoms with Crippen molar-refractivity contribution in [1.82, 2.24) is 10.2 Å². The van der Waals surface area contributed by atoms with Crippen LogP contribution in [0.3, 0.4) is 0 Å². The van der Waals surface area contributed by atoms with Gasteiger partial charge in [0.05, 0.1) is 13.2 Å². The van der Waals surface area contributed by atoms with Gasteiger partial charge in [-0.15, -0.1) is 0 Å². The molecule has 2 aliphatic rings. The largest absolute Gasteiger partial charge is 0.379 e. The molecule has 1 aromatic rings. The summed E-state index contributed by atoms with van der Waals surface area (Å²) in [5, 5.41) is 6.36. The normalized spacial score (nSPS) is 23.6. The lowest BCUT2D eigenvalue weighted by atomic mass is 10.1. The molecule has 0 spiro atoms. The van der Waals surface area contributed by atoms with Gasteiger partial charge in [0.15, 0.2) is 0 Å². The molecule has 2 heterocycles. The summed E-state index contributed by atoms with van der Waals surface area (Å²) < 4.78 is 5.41. The Bertz CT molecular complexity index is 506. The molecule has 2 fully saturated rings. The molecule has 3 rings (SSSR count). The van der Waals surface area contributed by atoms with Crippen molar-refractivity contribution in [3.8, 4) is 0 Å². The Balaban J connectivity index is 1.52. The fourth-order valence-electron chi connectivity index (χ4n) is 3.39. The fraction of sp³-hybridized carbons (Fsp3) is 0.611. The summed E-state index contributed by atoms with van der Waals surface area (Å²) >= 11 is 0. The number of morpholine rings is 1. The molecule has 1 aromatic carbocycles. The Morgan fingerprint density at radius 1 is 1.35 bits per heavy atom. The molecule has 23 heavy (non-hydrogen) atoms. The Morgan fingerprint density at radius 3 is 2.74 bits per heavy atom. The second kappa shape index (κ2) is 7.90. The van der Waals surface area contributed by atoms with Crippen molar-refractivity contribution >= 4 is 11.6 Å². The summed E-state index contributed by atoms with van der Waals surface area (Å²) in [6, 6.07) is 8.97. The molecule has 0 aliphatic carbocycles. The lowest BCUT2D eigenvalue weighted by molar-refractivity contribution is -0.116. The van der Waals surface area contributed by atoms with Crippen molar-refractivity contribution in [1.29, 1.82) is 0 Å². The van der Waals surface area contributed by atoms with Crippen LogP contribution < -0.4 is 10.6 Å². The summed E-state index contributed by atoms with van der Waals surface area (Å²) in [6.07, 6.45) is 2.83. The predicted octanol–water partition coefficient (Wildman–Crippen LogP) is 2.16. The second-order valence-corrected chi connectivity index (χ2v) is 6.49. The first-order chi connectivity index (χ1) is 11.2. The number of hydrogen-bond acceptors (Lipinski definition) is 4. The molecule has 5 nitrogen and oxygen atoms in total. The van der Waals surface area contributed by atoms with Crippen LogP contribution in [0.1, 0.15) is 37.8 Å². The summed E-state index contributed by atoms with van der Waals surface area (Å²) in [6.45, 7) is 6.85. The van der Waals surface area contributed by atoms with E-state index >= 15 is 0 Å². The van der Waals surface area contributed by atoms with E-state index in [0.717, 1.165) is 45.0 Å². The van der Waals surface area contributed by atoms with Crippen LogP contribution in [0.15, 0.2) is 24.3 Å². The molecule has 0 bridgehead atoms. The third-order valence-electron chi connectivity index (χ3n) is 4.86. The average molecular weight is 317 g/mol. The van der Waals surface area contributed by atoms with E-state index in [0.29, 0.717) is 18.5 Å². The van der Waals surface area contributed by atoms with E-state index in [1.54, 1.807) is 0 Å². The van der Waals surface area contributed by atoms with Gasteiger partial charge in [-0.05, 0) is 44.0 Å². The van der Waals surface area contributed by atoms with Crippen LogP contribution in [0.25, 0.3) is 0 Å². The van der Waals surface area contributed by atoms with Gasteiger partial charge in [-0.25, -0.2) is 0 Å². The van der Waals surface area contributed by atoms with E-state index in [9.17, 15) is 4.79 Å². The zero-order chi connectivity index (χ0) is 16.1. The van der Waals surface area contributed by atoms with E-state index in [1.807, 2.05) is 12.1 Å². The van der Waals surface area contributed by atoms with Crippen LogP contribution in [-0.2, 0) is 9.53 Å². The van der Waals surface area contributed by atoms with Gasteiger partial charge in [0, 0.05) is 37.3 Å². The molecule has 5 heteroatoms. The molecule has 2 atom stereocenters. The maximum absolute atomic E-state index is 12.1. The molecule has 2 unspecified atom stereocenters. The lowest BCUT2D eigenvalue weighted by Gasteiger charge is -2.32. The molecule has 2 saturated heterocycles. The average Bonchev–Trinajstić information content (AvgIpc) is 3.08. The number of nitrogens with one attached hydrogen (secondary N) is 2. The number of hydrogen-bond donors (Lipinski definition) is 2. The van der Waals surface area contributed by atoms with Gasteiger partial charge in [0.1, 0.15) is 0 Å². The first-order valence-electron chi connectivity index (χ1n) is 8.67. The third-order valence-corrected chi connectivity index (χ3v) is 4.86. The minimum atomic E-state index is 0.0957. The Hall–Kier alpha value is -1.43. The predicted molar refractivity (Wildman–Crippen MR) is 91.5 cm³/mol. The number of anilines is 1. The standard InChI is InChI=1S/C18H27N3O2/c1-14(21-9-11-23-12-10-21)15-4-6-16(7-5-15)20-18(22)13-17-3-2-8-19-17/h4-7,14,17,19H,2-3,8-13H2,1H3,(H,20,22). The monoisotopic (exact) mass is 317 g/mol. The molecule has 0 radical (unpaired) electrons. The van der Waals surface area contributed by atoms with Gasteiger partial charge >= 0.3 is 0 Å². The van der Waals surface area contributed by atoms with E-state index in [2.05, 4.69) is 34.6 Å². The van der Waals surface area contributed by atoms with Gasteiger partial charge in [0.2, 0.25) is 5.91 Å². The van der Waals surface area contributed by atoms with Crippen LogP contribution in [0.5, 0.6) is 0 Å². The Morgan fingerprint density at radius 2 is 2.09 bits per heavy atom. The van der Waals surface area contributed by atoms with E-state index in [-0.39, 0.29) is 5.91 Å². The number of benzene rings is 1.